The van der Waals surface area contributed by atoms with Crippen LogP contribution < -0.4 is 0 Å². The van der Waals surface area contributed by atoms with Gasteiger partial charge in [-0.15, -0.1) is 0 Å². The van der Waals surface area contributed by atoms with Gasteiger partial charge in [0, 0.05) is 13.1 Å². The van der Waals surface area contributed by atoms with Crippen LogP contribution in [0.5, 0.6) is 0 Å². The molecule has 0 atom stereocenters. The Morgan fingerprint density at radius 2 is 2.09 bits per heavy atom. The Morgan fingerprint density at radius 1 is 1.36 bits per heavy atom. The molecule has 0 aliphatic carbocycles. The van der Waals surface area contributed by atoms with Crippen LogP contribution in [0.15, 0.2) is 21.1 Å². The van der Waals surface area contributed by atoms with Gasteiger partial charge in [0.25, 0.3) is 5.91 Å². The summed E-state index contributed by atoms with van der Waals surface area (Å²) in [5, 5.41) is 14.5. The van der Waals surface area contributed by atoms with E-state index < -0.39 is 10.8 Å². The molecule has 0 unspecified atom stereocenters. The van der Waals surface area contributed by atoms with Crippen LogP contribution in [-0.4, -0.2) is 47.2 Å². The average Bonchev–Trinajstić information content (AvgIpc) is 3.14. The van der Waals surface area contributed by atoms with Crippen molar-refractivity contribution in [1.29, 1.82) is 0 Å². The van der Waals surface area contributed by atoms with E-state index in [2.05, 4.69) is 5.16 Å². The summed E-state index contributed by atoms with van der Waals surface area (Å²) in [6.07, 6.45) is 0. The van der Waals surface area contributed by atoms with E-state index >= 15 is 0 Å². The fraction of sp³-hybridized carbons (Fsp3) is 0.385. The van der Waals surface area contributed by atoms with E-state index in [1.807, 2.05) is 0 Å². The zero-order valence-electron chi connectivity index (χ0n) is 11.8. The molecule has 9 nitrogen and oxygen atoms in total. The van der Waals surface area contributed by atoms with Crippen molar-refractivity contribution >= 4 is 11.8 Å². The molecule has 116 valence electrons. The second kappa shape index (κ2) is 5.60. The number of morpholine rings is 1. The van der Waals surface area contributed by atoms with E-state index in [9.17, 15) is 14.9 Å². The van der Waals surface area contributed by atoms with Gasteiger partial charge in [-0.05, 0) is 13.0 Å². The number of rotatable bonds is 3. The first-order valence-electron chi connectivity index (χ1n) is 6.66. The molecule has 1 fully saturated rings. The Balaban J connectivity index is 1.96. The molecule has 2 aromatic heterocycles. The number of nitro groups is 1. The molecule has 9 heteroatoms. The van der Waals surface area contributed by atoms with Crippen molar-refractivity contribution in [1.82, 2.24) is 10.1 Å². The number of nitrogens with zero attached hydrogens (tertiary/aromatic N) is 3. The first kappa shape index (κ1) is 14.3. The summed E-state index contributed by atoms with van der Waals surface area (Å²) >= 11 is 0. The molecule has 0 bridgehead atoms. The SMILES string of the molecule is Cc1onc(-c2ccc([N+](=O)[O-])o2)c1C(=O)N1CCOCC1. The van der Waals surface area contributed by atoms with Gasteiger partial charge >= 0.3 is 5.88 Å². The Morgan fingerprint density at radius 3 is 2.73 bits per heavy atom. The number of hydrogen-bond donors (Lipinski definition) is 0. The molecule has 1 amide bonds. The van der Waals surface area contributed by atoms with E-state index in [0.29, 0.717) is 32.1 Å². The summed E-state index contributed by atoms with van der Waals surface area (Å²) in [6.45, 7) is 3.50. The second-order valence-corrected chi connectivity index (χ2v) is 4.76. The van der Waals surface area contributed by atoms with Crippen LogP contribution in [0.3, 0.4) is 0 Å². The number of aromatic nitrogens is 1. The maximum Gasteiger partial charge on any atom is 0.433 e. The summed E-state index contributed by atoms with van der Waals surface area (Å²) in [5.41, 5.74) is 0.424. The van der Waals surface area contributed by atoms with Crippen LogP contribution >= 0.6 is 0 Å². The van der Waals surface area contributed by atoms with E-state index in [0.717, 1.165) is 0 Å². The topological polar surface area (TPSA) is 112 Å². The molecule has 0 spiro atoms. The normalized spacial score (nSPS) is 15.0. The van der Waals surface area contributed by atoms with E-state index in [-0.39, 0.29) is 22.9 Å². The average molecular weight is 307 g/mol. The molecule has 3 rings (SSSR count). The number of furan rings is 1. The zero-order valence-corrected chi connectivity index (χ0v) is 11.8. The van der Waals surface area contributed by atoms with Gasteiger partial charge in [0.2, 0.25) is 0 Å². The molecule has 1 saturated heterocycles. The number of ether oxygens (including phenoxy) is 1. The third-order valence-electron chi connectivity index (χ3n) is 3.38. The molecule has 1 aliphatic heterocycles. The fourth-order valence-electron chi connectivity index (χ4n) is 2.27. The minimum atomic E-state index is -0.653. The summed E-state index contributed by atoms with van der Waals surface area (Å²) in [7, 11) is 0. The smallest absolute Gasteiger partial charge is 0.399 e. The van der Waals surface area contributed by atoms with Crippen LogP contribution in [-0.2, 0) is 4.74 Å². The van der Waals surface area contributed by atoms with E-state index in [1.54, 1.807) is 11.8 Å². The van der Waals surface area contributed by atoms with Crippen LogP contribution in [0.25, 0.3) is 11.5 Å². The summed E-state index contributed by atoms with van der Waals surface area (Å²) in [4.78, 5) is 24.3. The Kier molecular flexibility index (Phi) is 3.63. The molecular weight excluding hydrogens is 294 g/mol. The van der Waals surface area contributed by atoms with Crippen LogP contribution in [0, 0.1) is 17.0 Å². The lowest BCUT2D eigenvalue weighted by atomic mass is 10.1. The number of carbonyl (C=O) groups is 1. The number of amides is 1. The second-order valence-electron chi connectivity index (χ2n) is 4.76. The monoisotopic (exact) mass is 307 g/mol. The Bertz CT molecular complexity index is 713. The van der Waals surface area contributed by atoms with Crippen molar-refractivity contribution < 1.29 is 23.4 Å². The minimum absolute atomic E-state index is 0.125. The van der Waals surface area contributed by atoms with Crippen LogP contribution in [0.1, 0.15) is 16.1 Å². The molecule has 3 heterocycles. The van der Waals surface area contributed by atoms with Crippen molar-refractivity contribution in [2.45, 2.75) is 6.92 Å². The largest absolute Gasteiger partial charge is 0.433 e. The molecule has 2 aromatic rings. The standard InChI is InChI=1S/C13H13N3O6/c1-8-11(13(17)15-4-6-20-7-5-15)12(14-22-8)9-2-3-10(21-9)16(18)19/h2-3H,4-7H2,1H3. The van der Waals surface area contributed by atoms with Crippen LogP contribution in [0.4, 0.5) is 5.88 Å². The third-order valence-corrected chi connectivity index (χ3v) is 3.38. The number of hydrogen-bond acceptors (Lipinski definition) is 7. The molecule has 22 heavy (non-hydrogen) atoms. The Hall–Kier alpha value is -2.68. The summed E-state index contributed by atoms with van der Waals surface area (Å²) < 4.78 is 15.4. The highest BCUT2D eigenvalue weighted by atomic mass is 16.6. The third kappa shape index (κ3) is 2.46. The van der Waals surface area contributed by atoms with Crippen molar-refractivity contribution in [3.05, 3.63) is 33.6 Å². The predicted octanol–water partition coefficient (Wildman–Crippen LogP) is 1.62. The van der Waals surface area contributed by atoms with Crippen molar-refractivity contribution in [2.24, 2.45) is 0 Å². The molecule has 0 saturated carbocycles. The van der Waals surface area contributed by atoms with Gasteiger partial charge in [0.15, 0.2) is 11.5 Å². The highest BCUT2D eigenvalue weighted by molar-refractivity contribution is 6.00. The van der Waals surface area contributed by atoms with Crippen molar-refractivity contribution in [2.75, 3.05) is 26.3 Å². The van der Waals surface area contributed by atoms with Gasteiger partial charge in [-0.2, -0.15) is 0 Å². The predicted molar refractivity (Wildman–Crippen MR) is 72.3 cm³/mol. The minimum Gasteiger partial charge on any atom is -0.399 e. The molecule has 0 radical (unpaired) electrons. The van der Waals surface area contributed by atoms with Gasteiger partial charge in [-0.3, -0.25) is 14.9 Å². The van der Waals surface area contributed by atoms with Crippen LogP contribution in [0.2, 0.25) is 0 Å². The number of carbonyl (C=O) groups excluding carboxylic acids is 1. The molecule has 1 aliphatic rings. The fourth-order valence-corrected chi connectivity index (χ4v) is 2.27. The summed E-state index contributed by atoms with van der Waals surface area (Å²) in [6, 6.07) is 2.61. The maximum atomic E-state index is 12.6. The lowest BCUT2D eigenvalue weighted by molar-refractivity contribution is -0.401. The van der Waals surface area contributed by atoms with E-state index in [4.69, 9.17) is 13.7 Å². The zero-order chi connectivity index (χ0) is 15.7. The first-order valence-corrected chi connectivity index (χ1v) is 6.66. The maximum absolute atomic E-state index is 12.6. The van der Waals surface area contributed by atoms with E-state index in [1.165, 1.54) is 12.1 Å². The lowest BCUT2D eigenvalue weighted by Crippen LogP contribution is -2.41. The van der Waals surface area contributed by atoms with Gasteiger partial charge in [-0.1, -0.05) is 5.16 Å². The van der Waals surface area contributed by atoms with Gasteiger partial charge in [0.1, 0.15) is 16.2 Å². The number of aryl methyl sites for hydroxylation is 1. The molecule has 0 N–H and O–H groups in total. The molecular formula is C13H13N3O6. The van der Waals surface area contributed by atoms with Gasteiger partial charge < -0.3 is 18.6 Å². The lowest BCUT2D eigenvalue weighted by Gasteiger charge is -2.26. The quantitative estimate of drug-likeness (QED) is 0.625. The van der Waals surface area contributed by atoms with Gasteiger partial charge in [0.05, 0.1) is 19.3 Å². The Labute approximate surface area is 124 Å². The summed E-state index contributed by atoms with van der Waals surface area (Å²) in [5.74, 6) is -0.206. The van der Waals surface area contributed by atoms with Crippen molar-refractivity contribution in [3.8, 4) is 11.5 Å². The molecule has 0 aromatic carbocycles. The van der Waals surface area contributed by atoms with Gasteiger partial charge in [-0.25, -0.2) is 0 Å². The highest BCUT2D eigenvalue weighted by Gasteiger charge is 2.29. The first-order chi connectivity index (χ1) is 10.6. The van der Waals surface area contributed by atoms with Crippen molar-refractivity contribution in [3.63, 3.8) is 0 Å². The highest BCUT2D eigenvalue weighted by Crippen LogP contribution is 2.30.